The quantitative estimate of drug-likeness (QED) is 0.848. The summed E-state index contributed by atoms with van der Waals surface area (Å²) in [4.78, 5) is 14.2. The zero-order chi connectivity index (χ0) is 14.0. The average molecular weight is 283 g/mol. The number of carbonyl (C=O) groups is 1. The molecule has 0 saturated carbocycles. The predicted octanol–water partition coefficient (Wildman–Crippen LogP) is 2.42. The van der Waals surface area contributed by atoms with Crippen LogP contribution >= 0.6 is 11.6 Å². The summed E-state index contributed by atoms with van der Waals surface area (Å²) >= 11 is 5.87. The Morgan fingerprint density at radius 2 is 2.26 bits per heavy atom. The van der Waals surface area contributed by atoms with E-state index >= 15 is 0 Å². The zero-order valence-corrected chi connectivity index (χ0v) is 12.0. The number of anilines is 1. The molecule has 0 spiro atoms. The number of nitrogens with two attached hydrogens (primary N) is 1. The number of hydrogen-bond acceptors (Lipinski definition) is 3. The number of methoxy groups -OCH3 is 1. The van der Waals surface area contributed by atoms with E-state index in [1.54, 1.807) is 25.3 Å². The molecule has 1 fully saturated rings. The first-order valence-electron chi connectivity index (χ1n) is 6.40. The van der Waals surface area contributed by atoms with Gasteiger partial charge in [-0.05, 0) is 30.5 Å². The van der Waals surface area contributed by atoms with Crippen molar-refractivity contribution in [1.29, 1.82) is 0 Å². The molecule has 0 aliphatic carbocycles. The third-order valence-electron chi connectivity index (χ3n) is 3.72. The van der Waals surface area contributed by atoms with Crippen LogP contribution in [-0.2, 0) is 4.74 Å². The van der Waals surface area contributed by atoms with Crippen LogP contribution in [0.4, 0.5) is 5.69 Å². The molecule has 1 aliphatic heterocycles. The molecule has 1 amide bonds. The molecule has 1 aliphatic rings. The Hall–Kier alpha value is -1.26. The van der Waals surface area contributed by atoms with Crippen LogP contribution in [0.5, 0.6) is 0 Å². The highest BCUT2D eigenvalue weighted by atomic mass is 35.5. The fraction of sp³-hybridized carbons (Fsp3) is 0.500. The van der Waals surface area contributed by atoms with Gasteiger partial charge >= 0.3 is 0 Å². The molecule has 104 valence electrons. The Morgan fingerprint density at radius 1 is 1.53 bits per heavy atom. The highest BCUT2D eigenvalue weighted by Gasteiger charge is 2.29. The standard InChI is InChI=1S/C14H19ClN2O2/c1-9-5-6-17(8-13(9)19-2)14(18)10-3-4-11(15)12(16)7-10/h3-4,7,9,13H,5-6,8,16H2,1-2H3. The molecule has 1 aromatic rings. The van der Waals surface area contributed by atoms with Gasteiger partial charge < -0.3 is 15.4 Å². The number of ether oxygens (including phenoxy) is 1. The van der Waals surface area contributed by atoms with Crippen molar-refractivity contribution in [2.24, 2.45) is 5.92 Å². The minimum Gasteiger partial charge on any atom is -0.398 e. The molecule has 5 heteroatoms. The third-order valence-corrected chi connectivity index (χ3v) is 4.07. The second-order valence-corrected chi connectivity index (χ2v) is 5.43. The Kier molecular flexibility index (Phi) is 4.32. The van der Waals surface area contributed by atoms with Crippen LogP contribution < -0.4 is 5.73 Å². The molecule has 2 unspecified atom stereocenters. The van der Waals surface area contributed by atoms with Gasteiger partial charge in [-0.3, -0.25) is 4.79 Å². The summed E-state index contributed by atoms with van der Waals surface area (Å²) in [5, 5.41) is 0.471. The summed E-state index contributed by atoms with van der Waals surface area (Å²) < 4.78 is 5.42. The number of rotatable bonds is 2. The van der Waals surface area contributed by atoms with Crippen LogP contribution in [0.2, 0.25) is 5.02 Å². The van der Waals surface area contributed by atoms with Gasteiger partial charge in [0.2, 0.25) is 0 Å². The van der Waals surface area contributed by atoms with Gasteiger partial charge in [-0.25, -0.2) is 0 Å². The number of benzene rings is 1. The van der Waals surface area contributed by atoms with Crippen molar-refractivity contribution < 1.29 is 9.53 Å². The Balaban J connectivity index is 2.13. The van der Waals surface area contributed by atoms with Crippen LogP contribution in [0.25, 0.3) is 0 Å². The number of nitrogen functional groups attached to an aromatic ring is 1. The van der Waals surface area contributed by atoms with Crippen LogP contribution in [0.15, 0.2) is 18.2 Å². The number of nitrogens with zero attached hydrogens (tertiary/aromatic N) is 1. The molecule has 4 nitrogen and oxygen atoms in total. The average Bonchev–Trinajstić information content (AvgIpc) is 2.41. The number of carbonyl (C=O) groups excluding carboxylic acids is 1. The van der Waals surface area contributed by atoms with Crippen LogP contribution in [-0.4, -0.2) is 37.1 Å². The Bertz CT molecular complexity index is 479. The monoisotopic (exact) mass is 282 g/mol. The lowest BCUT2D eigenvalue weighted by Crippen LogP contribution is -2.46. The molecular formula is C14H19ClN2O2. The normalized spacial score (nSPS) is 23.4. The van der Waals surface area contributed by atoms with Gasteiger partial charge in [-0.2, -0.15) is 0 Å². The molecule has 2 rings (SSSR count). The van der Waals surface area contributed by atoms with Gasteiger partial charge in [0.1, 0.15) is 0 Å². The summed E-state index contributed by atoms with van der Waals surface area (Å²) in [6, 6.07) is 5.00. The first-order valence-corrected chi connectivity index (χ1v) is 6.77. The number of likely N-dealkylation sites (tertiary alicyclic amines) is 1. The van der Waals surface area contributed by atoms with Crippen molar-refractivity contribution in [2.75, 3.05) is 25.9 Å². The van der Waals surface area contributed by atoms with Gasteiger partial charge in [0.05, 0.1) is 16.8 Å². The smallest absolute Gasteiger partial charge is 0.254 e. The molecule has 19 heavy (non-hydrogen) atoms. The van der Waals surface area contributed by atoms with Gasteiger partial charge in [0.25, 0.3) is 5.91 Å². The van der Waals surface area contributed by atoms with Crippen molar-refractivity contribution in [2.45, 2.75) is 19.4 Å². The highest BCUT2D eigenvalue weighted by molar-refractivity contribution is 6.33. The summed E-state index contributed by atoms with van der Waals surface area (Å²) in [7, 11) is 1.69. The topological polar surface area (TPSA) is 55.6 Å². The summed E-state index contributed by atoms with van der Waals surface area (Å²) in [6.45, 7) is 3.53. The van der Waals surface area contributed by atoms with E-state index < -0.39 is 0 Å². The molecule has 0 aromatic heterocycles. The fourth-order valence-electron chi connectivity index (χ4n) is 2.38. The Morgan fingerprint density at radius 3 is 2.89 bits per heavy atom. The molecule has 2 atom stereocenters. The van der Waals surface area contributed by atoms with E-state index in [1.807, 2.05) is 4.90 Å². The van der Waals surface area contributed by atoms with E-state index in [-0.39, 0.29) is 12.0 Å². The number of halogens is 1. The number of hydrogen-bond donors (Lipinski definition) is 1. The van der Waals surface area contributed by atoms with Gasteiger partial charge in [0.15, 0.2) is 0 Å². The molecule has 0 radical (unpaired) electrons. The Labute approximate surface area is 118 Å². The molecule has 0 bridgehead atoms. The van der Waals surface area contributed by atoms with Gasteiger partial charge in [-0.1, -0.05) is 18.5 Å². The minimum atomic E-state index is -0.0164. The predicted molar refractivity (Wildman–Crippen MR) is 76.3 cm³/mol. The lowest BCUT2D eigenvalue weighted by molar-refractivity contribution is -0.00156. The van der Waals surface area contributed by atoms with E-state index in [0.29, 0.717) is 28.7 Å². The number of amides is 1. The van der Waals surface area contributed by atoms with E-state index in [9.17, 15) is 4.79 Å². The molecule has 1 saturated heterocycles. The second-order valence-electron chi connectivity index (χ2n) is 5.03. The maximum atomic E-state index is 12.4. The molecule has 1 heterocycles. The van der Waals surface area contributed by atoms with Crippen molar-refractivity contribution >= 4 is 23.2 Å². The van der Waals surface area contributed by atoms with Crippen LogP contribution in [0, 0.1) is 5.92 Å². The summed E-state index contributed by atoms with van der Waals surface area (Å²) in [5.74, 6) is 0.460. The SMILES string of the molecule is COC1CN(C(=O)c2ccc(Cl)c(N)c2)CCC1C. The lowest BCUT2D eigenvalue weighted by atomic mass is 9.95. The highest BCUT2D eigenvalue weighted by Crippen LogP contribution is 2.24. The van der Waals surface area contributed by atoms with E-state index in [0.717, 1.165) is 13.0 Å². The maximum absolute atomic E-state index is 12.4. The van der Waals surface area contributed by atoms with Crippen molar-refractivity contribution in [3.05, 3.63) is 28.8 Å². The third kappa shape index (κ3) is 3.01. The van der Waals surface area contributed by atoms with Crippen LogP contribution in [0.1, 0.15) is 23.7 Å². The number of piperidine rings is 1. The van der Waals surface area contributed by atoms with Crippen molar-refractivity contribution in [1.82, 2.24) is 4.90 Å². The molecule has 1 aromatic carbocycles. The van der Waals surface area contributed by atoms with E-state index in [1.165, 1.54) is 0 Å². The first-order chi connectivity index (χ1) is 9.02. The largest absolute Gasteiger partial charge is 0.398 e. The van der Waals surface area contributed by atoms with E-state index in [2.05, 4.69) is 6.92 Å². The van der Waals surface area contributed by atoms with Crippen molar-refractivity contribution in [3.8, 4) is 0 Å². The molecular weight excluding hydrogens is 264 g/mol. The summed E-state index contributed by atoms with van der Waals surface area (Å²) in [5.41, 5.74) is 6.74. The maximum Gasteiger partial charge on any atom is 0.254 e. The summed E-state index contributed by atoms with van der Waals surface area (Å²) in [6.07, 6.45) is 1.05. The lowest BCUT2D eigenvalue weighted by Gasteiger charge is -2.36. The van der Waals surface area contributed by atoms with Crippen molar-refractivity contribution in [3.63, 3.8) is 0 Å². The second kappa shape index (κ2) is 5.80. The first kappa shape index (κ1) is 14.2. The molecule has 2 N–H and O–H groups in total. The van der Waals surface area contributed by atoms with Gasteiger partial charge in [0, 0.05) is 25.8 Å². The van der Waals surface area contributed by atoms with Gasteiger partial charge in [-0.15, -0.1) is 0 Å². The van der Waals surface area contributed by atoms with Crippen LogP contribution in [0.3, 0.4) is 0 Å². The minimum absolute atomic E-state index is 0.0164. The van der Waals surface area contributed by atoms with E-state index in [4.69, 9.17) is 22.1 Å². The zero-order valence-electron chi connectivity index (χ0n) is 11.2. The fourth-order valence-corrected chi connectivity index (χ4v) is 2.50.